The van der Waals surface area contributed by atoms with Gasteiger partial charge in [0.2, 0.25) is 0 Å². The number of carboxylic acid groups (broad SMARTS) is 1. The second-order valence-corrected chi connectivity index (χ2v) is 6.23. The zero-order chi connectivity index (χ0) is 13.6. The fourth-order valence-corrected chi connectivity index (χ4v) is 3.94. The maximum absolute atomic E-state index is 11.6. The number of nitrogens with zero attached hydrogens (tertiary/aromatic N) is 2. The molecule has 102 valence electrons. The molecule has 2 heterocycles. The largest absolute Gasteiger partial charge is 0.481 e. The zero-order valence-corrected chi connectivity index (χ0v) is 11.8. The number of carboxylic acids is 1. The second kappa shape index (κ2) is 4.53. The van der Waals surface area contributed by atoms with E-state index < -0.39 is 11.4 Å². The van der Waals surface area contributed by atoms with E-state index in [-0.39, 0.29) is 5.92 Å². The summed E-state index contributed by atoms with van der Waals surface area (Å²) in [5.41, 5.74) is -0.620. The molecule has 2 aliphatic rings. The molecule has 2 atom stereocenters. The number of hydrogen-bond acceptors (Lipinski definition) is 3. The van der Waals surface area contributed by atoms with Crippen LogP contribution in [0.2, 0.25) is 10.0 Å². The van der Waals surface area contributed by atoms with Crippen molar-refractivity contribution in [2.75, 3.05) is 18.0 Å². The molecule has 1 saturated carbocycles. The topological polar surface area (TPSA) is 53.4 Å². The molecule has 0 unspecified atom stereocenters. The number of hydrogen-bond donors (Lipinski definition) is 1. The number of halogens is 2. The second-order valence-electron chi connectivity index (χ2n) is 5.39. The fraction of sp³-hybridized carbons (Fsp3) is 0.538. The summed E-state index contributed by atoms with van der Waals surface area (Å²) in [7, 11) is 0. The molecule has 0 amide bonds. The van der Waals surface area contributed by atoms with Crippen LogP contribution in [0.3, 0.4) is 0 Å². The highest BCUT2D eigenvalue weighted by molar-refractivity contribution is 6.36. The molecule has 1 aromatic rings. The van der Waals surface area contributed by atoms with Gasteiger partial charge in [-0.3, -0.25) is 4.79 Å². The quantitative estimate of drug-likeness (QED) is 0.912. The molecule has 1 saturated heterocycles. The Kier molecular flexibility index (Phi) is 3.10. The minimum atomic E-state index is -0.692. The van der Waals surface area contributed by atoms with Gasteiger partial charge in [-0.2, -0.15) is 0 Å². The van der Waals surface area contributed by atoms with E-state index in [0.717, 1.165) is 19.3 Å². The van der Waals surface area contributed by atoms with Crippen LogP contribution in [0.1, 0.15) is 19.3 Å². The summed E-state index contributed by atoms with van der Waals surface area (Å²) >= 11 is 12.0. The molecule has 6 heteroatoms. The van der Waals surface area contributed by atoms with Crippen LogP contribution in [-0.4, -0.2) is 29.1 Å². The standard InChI is InChI=1S/C13H14Cl2N2O2/c14-9-4-10(15)11(16-5-9)17-6-8-2-1-3-13(8,7-17)12(18)19/h4-5,8H,1-3,6-7H2,(H,18,19)/t8-,13+/m0/s1. The van der Waals surface area contributed by atoms with Crippen LogP contribution in [0.4, 0.5) is 5.82 Å². The van der Waals surface area contributed by atoms with Crippen molar-refractivity contribution in [3.05, 3.63) is 22.3 Å². The van der Waals surface area contributed by atoms with Gasteiger partial charge in [-0.15, -0.1) is 0 Å². The Hall–Kier alpha value is -1.000. The van der Waals surface area contributed by atoms with Crippen molar-refractivity contribution >= 4 is 35.0 Å². The summed E-state index contributed by atoms with van der Waals surface area (Å²) in [6, 6.07) is 1.65. The van der Waals surface area contributed by atoms with E-state index in [0.29, 0.717) is 29.0 Å². The van der Waals surface area contributed by atoms with Crippen molar-refractivity contribution in [3.8, 4) is 0 Å². The third kappa shape index (κ3) is 1.98. The predicted molar refractivity (Wildman–Crippen MR) is 73.9 cm³/mol. The Morgan fingerprint density at radius 3 is 2.95 bits per heavy atom. The van der Waals surface area contributed by atoms with E-state index in [2.05, 4.69) is 4.98 Å². The molecule has 0 spiro atoms. The molecule has 0 bridgehead atoms. The zero-order valence-electron chi connectivity index (χ0n) is 10.3. The molecule has 0 aromatic carbocycles. The summed E-state index contributed by atoms with van der Waals surface area (Å²) in [6.07, 6.45) is 4.25. The van der Waals surface area contributed by atoms with Crippen molar-refractivity contribution in [1.82, 2.24) is 4.98 Å². The summed E-state index contributed by atoms with van der Waals surface area (Å²) < 4.78 is 0. The minimum Gasteiger partial charge on any atom is -0.481 e. The van der Waals surface area contributed by atoms with E-state index in [9.17, 15) is 9.90 Å². The van der Waals surface area contributed by atoms with Crippen molar-refractivity contribution < 1.29 is 9.90 Å². The first-order valence-electron chi connectivity index (χ1n) is 6.32. The molecule has 4 nitrogen and oxygen atoms in total. The van der Waals surface area contributed by atoms with E-state index in [1.807, 2.05) is 4.90 Å². The Labute approximate surface area is 121 Å². The summed E-state index contributed by atoms with van der Waals surface area (Å²) in [5.74, 6) is 0.141. The first-order chi connectivity index (χ1) is 9.03. The van der Waals surface area contributed by atoms with Crippen molar-refractivity contribution in [3.63, 3.8) is 0 Å². The minimum absolute atomic E-state index is 0.193. The summed E-state index contributed by atoms with van der Waals surface area (Å²) in [4.78, 5) is 17.8. The molecule has 1 aromatic heterocycles. The van der Waals surface area contributed by atoms with Gasteiger partial charge in [-0.05, 0) is 24.8 Å². The van der Waals surface area contributed by atoms with E-state index >= 15 is 0 Å². The van der Waals surface area contributed by atoms with Crippen molar-refractivity contribution in [1.29, 1.82) is 0 Å². The lowest BCUT2D eigenvalue weighted by molar-refractivity contribution is -0.149. The van der Waals surface area contributed by atoms with Gasteiger partial charge in [-0.25, -0.2) is 4.98 Å². The number of carbonyl (C=O) groups is 1. The van der Waals surface area contributed by atoms with Crippen LogP contribution in [0.25, 0.3) is 0 Å². The first-order valence-corrected chi connectivity index (χ1v) is 7.08. The Balaban J connectivity index is 1.91. The van der Waals surface area contributed by atoms with Crippen LogP contribution in [0.5, 0.6) is 0 Å². The number of rotatable bonds is 2. The average Bonchev–Trinajstić information content (AvgIpc) is 2.85. The normalized spacial score (nSPS) is 29.6. The molecule has 1 N–H and O–H groups in total. The molecule has 1 aliphatic carbocycles. The Morgan fingerprint density at radius 1 is 1.53 bits per heavy atom. The van der Waals surface area contributed by atoms with Crippen molar-refractivity contribution in [2.45, 2.75) is 19.3 Å². The van der Waals surface area contributed by atoms with E-state index in [1.54, 1.807) is 12.3 Å². The molecular formula is C13H14Cl2N2O2. The highest BCUT2D eigenvalue weighted by Crippen LogP contribution is 2.50. The van der Waals surface area contributed by atoms with Gasteiger partial charge in [0.15, 0.2) is 0 Å². The molecule has 0 radical (unpaired) electrons. The lowest BCUT2D eigenvalue weighted by Crippen LogP contribution is -2.35. The van der Waals surface area contributed by atoms with Gasteiger partial charge in [0, 0.05) is 19.3 Å². The third-order valence-corrected chi connectivity index (χ3v) is 4.87. The molecule has 1 aliphatic heterocycles. The van der Waals surface area contributed by atoms with Gasteiger partial charge in [0.05, 0.1) is 15.5 Å². The van der Waals surface area contributed by atoms with Crippen LogP contribution in [0, 0.1) is 11.3 Å². The Bertz CT molecular complexity index is 537. The predicted octanol–water partition coefficient (Wildman–Crippen LogP) is 3.08. The molecular weight excluding hydrogens is 287 g/mol. The van der Waals surface area contributed by atoms with E-state index in [4.69, 9.17) is 23.2 Å². The summed E-state index contributed by atoms with van der Waals surface area (Å²) in [6.45, 7) is 1.20. The van der Waals surface area contributed by atoms with Crippen molar-refractivity contribution in [2.24, 2.45) is 11.3 Å². The van der Waals surface area contributed by atoms with Crippen LogP contribution >= 0.6 is 23.2 Å². The summed E-state index contributed by atoms with van der Waals surface area (Å²) in [5, 5.41) is 10.5. The lowest BCUT2D eigenvalue weighted by atomic mass is 9.81. The van der Waals surface area contributed by atoms with Gasteiger partial charge in [0.1, 0.15) is 5.82 Å². The number of pyridine rings is 1. The van der Waals surface area contributed by atoms with Gasteiger partial charge in [-0.1, -0.05) is 29.6 Å². The maximum Gasteiger partial charge on any atom is 0.311 e. The number of anilines is 1. The number of fused-ring (bicyclic) bond motifs is 1. The lowest BCUT2D eigenvalue weighted by Gasteiger charge is -2.24. The monoisotopic (exact) mass is 300 g/mol. The fourth-order valence-electron chi connectivity index (χ4n) is 3.44. The molecule has 3 rings (SSSR count). The van der Waals surface area contributed by atoms with Gasteiger partial charge in [0.25, 0.3) is 0 Å². The first kappa shape index (κ1) is 13.0. The number of aliphatic carboxylic acids is 1. The maximum atomic E-state index is 11.6. The van der Waals surface area contributed by atoms with Gasteiger partial charge < -0.3 is 10.0 Å². The van der Waals surface area contributed by atoms with Gasteiger partial charge >= 0.3 is 5.97 Å². The van der Waals surface area contributed by atoms with Crippen LogP contribution < -0.4 is 4.90 Å². The average molecular weight is 301 g/mol. The van der Waals surface area contributed by atoms with E-state index in [1.165, 1.54) is 0 Å². The highest BCUT2D eigenvalue weighted by Gasteiger charge is 2.55. The van der Waals surface area contributed by atoms with Crippen LogP contribution in [0.15, 0.2) is 12.3 Å². The SMILES string of the molecule is O=C(O)[C@@]12CCC[C@H]1CN(c1ncc(Cl)cc1Cl)C2. The highest BCUT2D eigenvalue weighted by atomic mass is 35.5. The smallest absolute Gasteiger partial charge is 0.311 e. The van der Waals surface area contributed by atoms with Crippen LogP contribution in [-0.2, 0) is 4.79 Å². The number of aromatic nitrogens is 1. The third-order valence-electron chi connectivity index (χ3n) is 4.38. The molecule has 2 fully saturated rings. The molecule has 19 heavy (non-hydrogen) atoms. The Morgan fingerprint density at radius 2 is 2.32 bits per heavy atom.